The fourth-order valence-corrected chi connectivity index (χ4v) is 12.6. The molecule has 0 saturated heterocycles. The fourth-order valence-electron chi connectivity index (χ4n) is 12.6. The van der Waals surface area contributed by atoms with E-state index < -0.39 is 0 Å². The Morgan fingerprint density at radius 3 is 2.29 bits per heavy atom. The van der Waals surface area contributed by atoms with Gasteiger partial charge in [-0.2, -0.15) is 0 Å². The second kappa shape index (κ2) is 14.2. The minimum atomic E-state index is -0.279. The molecule has 0 fully saturated rings. The molecule has 308 valence electrons. The molecule has 0 saturated carbocycles. The summed E-state index contributed by atoms with van der Waals surface area (Å²) in [5.74, 6) is 0.940. The molecule has 5 aliphatic carbocycles. The first-order chi connectivity index (χ1) is 32.2. The van der Waals surface area contributed by atoms with Crippen molar-refractivity contribution in [2.45, 2.75) is 36.5 Å². The molecule has 14 rings (SSSR count). The van der Waals surface area contributed by atoms with Gasteiger partial charge in [-0.3, -0.25) is 0 Å². The number of allylic oxidation sites excluding steroid dienone is 9. The molecular formula is C63H45NO. The topological polar surface area (TPSA) is 16.4 Å². The van der Waals surface area contributed by atoms with Gasteiger partial charge in [-0.05, 0) is 117 Å². The Hall–Kier alpha value is -7.68. The monoisotopic (exact) mass is 831 g/mol. The van der Waals surface area contributed by atoms with Crippen molar-refractivity contribution in [2.24, 2.45) is 5.92 Å². The van der Waals surface area contributed by atoms with Gasteiger partial charge in [0.25, 0.3) is 0 Å². The van der Waals surface area contributed by atoms with Gasteiger partial charge in [0.05, 0.1) is 5.69 Å². The third kappa shape index (κ3) is 5.29. The van der Waals surface area contributed by atoms with E-state index in [-0.39, 0.29) is 17.3 Å². The van der Waals surface area contributed by atoms with Gasteiger partial charge in [0.1, 0.15) is 11.2 Å². The van der Waals surface area contributed by atoms with E-state index in [9.17, 15) is 0 Å². The summed E-state index contributed by atoms with van der Waals surface area (Å²) in [5, 5.41) is 4.53. The molecular weight excluding hydrogens is 787 g/mol. The first-order valence-corrected chi connectivity index (χ1v) is 23.3. The Morgan fingerprint density at radius 2 is 1.37 bits per heavy atom. The molecule has 8 aromatic carbocycles. The second-order valence-electron chi connectivity index (χ2n) is 18.5. The van der Waals surface area contributed by atoms with Crippen LogP contribution in [0.2, 0.25) is 0 Å². The highest BCUT2D eigenvalue weighted by atomic mass is 16.3. The van der Waals surface area contributed by atoms with Crippen molar-refractivity contribution in [1.82, 2.24) is 0 Å². The molecule has 1 heterocycles. The molecule has 0 radical (unpaired) electrons. The maximum atomic E-state index is 6.96. The molecule has 0 amide bonds. The number of nitrogens with zero attached hydrogens (tertiary/aromatic N) is 1. The molecule has 9 aromatic rings. The van der Waals surface area contributed by atoms with Crippen molar-refractivity contribution in [3.63, 3.8) is 0 Å². The van der Waals surface area contributed by atoms with Crippen molar-refractivity contribution in [2.75, 3.05) is 4.90 Å². The Labute approximate surface area is 379 Å². The van der Waals surface area contributed by atoms with Crippen LogP contribution in [-0.4, -0.2) is 0 Å². The molecule has 2 heteroatoms. The number of rotatable bonds is 5. The van der Waals surface area contributed by atoms with E-state index in [1.54, 1.807) is 0 Å². The number of hydrogen-bond donors (Lipinski definition) is 0. The lowest BCUT2D eigenvalue weighted by atomic mass is 9.64. The van der Waals surface area contributed by atoms with Crippen molar-refractivity contribution in [3.05, 3.63) is 251 Å². The van der Waals surface area contributed by atoms with Crippen molar-refractivity contribution in [1.29, 1.82) is 0 Å². The predicted molar refractivity (Wildman–Crippen MR) is 270 cm³/mol. The van der Waals surface area contributed by atoms with Gasteiger partial charge in [0.2, 0.25) is 0 Å². The van der Waals surface area contributed by atoms with Gasteiger partial charge in [0.15, 0.2) is 0 Å². The number of fused-ring (bicyclic) bond motifs is 16. The molecule has 2 nitrogen and oxygen atoms in total. The summed E-state index contributed by atoms with van der Waals surface area (Å²) in [5.41, 5.74) is 19.8. The zero-order chi connectivity index (χ0) is 42.6. The van der Waals surface area contributed by atoms with E-state index >= 15 is 0 Å². The highest BCUT2D eigenvalue weighted by Gasteiger charge is 2.59. The standard InChI is InChI=1S/C63H45NO/c1-2-15-40(16-3-1)42-31-33-45(34-32-42)64(46-35-36-51-50-21-10-13-27-57(50)63(58(51)38-46)55-25-11-8-19-48(55)49-20-9-12-26-56(49)63)59-39-54-61-47(44-30-29-41-17-4-5-18-43(41)37-44)24-14-28-60(61)65-62(54)53-23-7-6-22-52(53)59/h1-4,6-17,19,21-39,49-50,57H,5,18,20H2. The average molecular weight is 832 g/mol. The lowest BCUT2D eigenvalue weighted by molar-refractivity contribution is 0.449. The van der Waals surface area contributed by atoms with Gasteiger partial charge < -0.3 is 9.32 Å². The smallest absolute Gasteiger partial charge is 0.143 e. The summed E-state index contributed by atoms with van der Waals surface area (Å²) in [7, 11) is 0. The summed E-state index contributed by atoms with van der Waals surface area (Å²) < 4.78 is 6.96. The van der Waals surface area contributed by atoms with Crippen LogP contribution in [0.1, 0.15) is 58.1 Å². The lowest BCUT2D eigenvalue weighted by Crippen LogP contribution is -2.34. The van der Waals surface area contributed by atoms with Crippen molar-refractivity contribution >= 4 is 55.8 Å². The second-order valence-corrected chi connectivity index (χ2v) is 18.5. The lowest BCUT2D eigenvalue weighted by Gasteiger charge is -2.38. The third-order valence-electron chi connectivity index (χ3n) is 15.4. The first kappa shape index (κ1) is 36.8. The van der Waals surface area contributed by atoms with E-state index in [1.165, 1.54) is 61.2 Å². The van der Waals surface area contributed by atoms with E-state index in [2.05, 4.69) is 223 Å². The van der Waals surface area contributed by atoms with Gasteiger partial charge >= 0.3 is 0 Å². The van der Waals surface area contributed by atoms with Crippen LogP contribution in [0, 0.1) is 5.92 Å². The Balaban J connectivity index is 1.04. The maximum Gasteiger partial charge on any atom is 0.143 e. The van der Waals surface area contributed by atoms with Crippen LogP contribution in [0.15, 0.2) is 222 Å². The van der Waals surface area contributed by atoms with E-state index in [4.69, 9.17) is 4.42 Å². The minimum Gasteiger partial charge on any atom is -0.455 e. The largest absolute Gasteiger partial charge is 0.455 e. The normalized spacial score (nSPS) is 20.8. The summed E-state index contributed by atoms with van der Waals surface area (Å²) in [6.45, 7) is 0. The number of anilines is 3. The summed E-state index contributed by atoms with van der Waals surface area (Å²) in [6.07, 6.45) is 24.4. The minimum absolute atomic E-state index is 0.279. The Kier molecular flexibility index (Phi) is 8.01. The Morgan fingerprint density at radius 1 is 0.569 bits per heavy atom. The molecule has 1 aromatic heterocycles. The Bertz CT molecular complexity index is 3600. The van der Waals surface area contributed by atoms with Gasteiger partial charge in [-0.1, -0.05) is 182 Å². The number of furan rings is 1. The summed E-state index contributed by atoms with van der Waals surface area (Å²) in [4.78, 5) is 2.53. The molecule has 5 aliphatic rings. The zero-order valence-corrected chi connectivity index (χ0v) is 36.0. The van der Waals surface area contributed by atoms with Crippen LogP contribution in [0.25, 0.3) is 61.0 Å². The van der Waals surface area contributed by atoms with Crippen molar-refractivity contribution < 1.29 is 4.42 Å². The number of benzene rings is 8. The van der Waals surface area contributed by atoms with Crippen LogP contribution in [0.5, 0.6) is 0 Å². The highest BCUT2D eigenvalue weighted by molar-refractivity contribution is 6.22. The molecule has 0 aliphatic heterocycles. The quantitative estimate of drug-likeness (QED) is 0.172. The third-order valence-corrected chi connectivity index (χ3v) is 15.4. The number of hydrogen-bond acceptors (Lipinski definition) is 2. The van der Waals surface area contributed by atoms with E-state index in [0.29, 0.717) is 5.92 Å². The average Bonchev–Trinajstić information content (AvgIpc) is 4.01. The van der Waals surface area contributed by atoms with Crippen LogP contribution in [0.4, 0.5) is 17.1 Å². The van der Waals surface area contributed by atoms with Crippen LogP contribution < -0.4 is 4.90 Å². The molecule has 0 N–H and O–H groups in total. The summed E-state index contributed by atoms with van der Waals surface area (Å²) in [6, 6.07) is 61.4. The highest BCUT2D eigenvalue weighted by Crippen LogP contribution is 2.67. The predicted octanol–water partition coefficient (Wildman–Crippen LogP) is 16.6. The molecule has 4 atom stereocenters. The molecule has 4 unspecified atom stereocenters. The van der Waals surface area contributed by atoms with Gasteiger partial charge in [-0.25, -0.2) is 0 Å². The van der Waals surface area contributed by atoms with Crippen molar-refractivity contribution in [3.8, 4) is 22.3 Å². The summed E-state index contributed by atoms with van der Waals surface area (Å²) >= 11 is 0. The van der Waals surface area contributed by atoms with E-state index in [1.807, 2.05) is 0 Å². The number of aryl methyl sites for hydroxylation is 1. The van der Waals surface area contributed by atoms with E-state index in [0.717, 1.165) is 69.0 Å². The molecule has 0 bridgehead atoms. The van der Waals surface area contributed by atoms with Gasteiger partial charge in [-0.15, -0.1) is 0 Å². The van der Waals surface area contributed by atoms with Crippen LogP contribution >= 0.6 is 0 Å². The zero-order valence-electron chi connectivity index (χ0n) is 36.0. The van der Waals surface area contributed by atoms with Crippen LogP contribution in [0.3, 0.4) is 0 Å². The SMILES string of the molecule is C1=CCC2C(=C1)C1(c3ccccc32)c2cc(N(c3ccc(-c4ccccc4)cc3)c3cc4c(oc5cccc(-c6ccc7c(c6)CCC=C7)c54)c4ccccc34)ccc2C2C=CC=CC21. The maximum absolute atomic E-state index is 6.96. The fraction of sp³-hybridized carbons (Fsp3) is 0.111. The molecule has 1 spiro atoms. The first-order valence-electron chi connectivity index (χ1n) is 23.3. The van der Waals surface area contributed by atoms with Crippen LogP contribution in [-0.2, 0) is 11.8 Å². The molecule has 65 heavy (non-hydrogen) atoms. The van der Waals surface area contributed by atoms with Gasteiger partial charge in [0, 0.05) is 56.1 Å².